The molecular weight excluding hydrogens is 194 g/mol. The van der Waals surface area contributed by atoms with Crippen molar-refractivity contribution in [2.45, 2.75) is 0 Å². The Balaban J connectivity index is 2.53. The molecule has 0 bridgehead atoms. The van der Waals surface area contributed by atoms with Crippen molar-refractivity contribution in [3.05, 3.63) is 18.3 Å². The number of nitrogens with two attached hydrogens (primary N) is 1. The normalized spacial score (nSPS) is 10.3. The van der Waals surface area contributed by atoms with Crippen LogP contribution in [0.25, 0.3) is 11.4 Å². The van der Waals surface area contributed by atoms with Gasteiger partial charge in [0.25, 0.3) is 0 Å². The third kappa shape index (κ3) is 1.74. The third-order valence-corrected chi connectivity index (χ3v) is 2.01. The molecule has 2 rings (SSSR count). The molecule has 15 heavy (non-hydrogen) atoms. The van der Waals surface area contributed by atoms with Gasteiger partial charge in [-0.3, -0.25) is 4.68 Å². The summed E-state index contributed by atoms with van der Waals surface area (Å²) in [6.07, 6.45) is 1.69. The van der Waals surface area contributed by atoms with Crippen molar-refractivity contribution in [2.24, 2.45) is 7.05 Å². The number of hydrogen-bond acceptors (Lipinski definition) is 5. The number of anilines is 1. The van der Waals surface area contributed by atoms with Crippen molar-refractivity contribution in [2.75, 3.05) is 12.8 Å². The van der Waals surface area contributed by atoms with Gasteiger partial charge in [-0.2, -0.15) is 10.1 Å². The maximum Gasteiger partial charge on any atom is 0.223 e. The second kappa shape index (κ2) is 3.56. The first-order valence-corrected chi connectivity index (χ1v) is 4.37. The van der Waals surface area contributed by atoms with Gasteiger partial charge in [0.15, 0.2) is 0 Å². The molecule has 0 aromatic carbocycles. The molecule has 0 saturated heterocycles. The van der Waals surface area contributed by atoms with E-state index in [9.17, 15) is 0 Å². The Morgan fingerprint density at radius 3 is 2.80 bits per heavy atom. The van der Waals surface area contributed by atoms with E-state index in [1.807, 2.05) is 13.1 Å². The summed E-state index contributed by atoms with van der Waals surface area (Å²) >= 11 is 0. The number of nitrogen functional groups attached to an aromatic ring is 1. The lowest BCUT2D eigenvalue weighted by atomic mass is 10.3. The Labute approximate surface area is 86.7 Å². The first-order valence-electron chi connectivity index (χ1n) is 4.37. The van der Waals surface area contributed by atoms with Crippen LogP contribution in [0.1, 0.15) is 0 Å². The highest BCUT2D eigenvalue weighted by Gasteiger charge is 2.07. The molecule has 0 radical (unpaired) electrons. The summed E-state index contributed by atoms with van der Waals surface area (Å²) in [6, 6.07) is 3.56. The molecule has 2 aromatic rings. The fourth-order valence-electron chi connectivity index (χ4n) is 1.30. The number of aryl methyl sites for hydroxylation is 1. The monoisotopic (exact) mass is 205 g/mol. The van der Waals surface area contributed by atoms with E-state index in [1.54, 1.807) is 16.9 Å². The number of nitrogens with zero attached hydrogens (tertiary/aromatic N) is 4. The molecule has 0 fully saturated rings. The smallest absolute Gasteiger partial charge is 0.223 e. The summed E-state index contributed by atoms with van der Waals surface area (Å²) < 4.78 is 6.72. The molecular formula is C9H11N5O. The average molecular weight is 205 g/mol. The maximum atomic E-state index is 5.56. The van der Waals surface area contributed by atoms with Crippen molar-refractivity contribution < 1.29 is 4.74 Å². The molecule has 0 amide bonds. The van der Waals surface area contributed by atoms with Crippen molar-refractivity contribution in [1.82, 2.24) is 19.7 Å². The van der Waals surface area contributed by atoms with Crippen LogP contribution in [0.3, 0.4) is 0 Å². The Morgan fingerprint density at radius 2 is 2.20 bits per heavy atom. The molecule has 0 aliphatic heterocycles. The zero-order valence-corrected chi connectivity index (χ0v) is 8.51. The molecule has 0 aliphatic carbocycles. The third-order valence-electron chi connectivity index (χ3n) is 2.01. The lowest BCUT2D eigenvalue weighted by Crippen LogP contribution is -2.01. The highest BCUT2D eigenvalue weighted by atomic mass is 16.5. The topological polar surface area (TPSA) is 78.8 Å². The molecule has 0 unspecified atom stereocenters. The lowest BCUT2D eigenvalue weighted by Gasteiger charge is -2.04. The molecule has 2 aromatic heterocycles. The molecule has 0 aliphatic rings. The quantitative estimate of drug-likeness (QED) is 0.770. The Kier molecular flexibility index (Phi) is 2.24. The van der Waals surface area contributed by atoms with Gasteiger partial charge in [0.1, 0.15) is 0 Å². The first-order chi connectivity index (χ1) is 7.20. The van der Waals surface area contributed by atoms with Gasteiger partial charge >= 0.3 is 0 Å². The Bertz CT molecular complexity index is 479. The van der Waals surface area contributed by atoms with Gasteiger partial charge in [-0.15, -0.1) is 0 Å². The molecule has 0 atom stereocenters. The molecule has 78 valence electrons. The van der Waals surface area contributed by atoms with E-state index in [1.165, 1.54) is 7.11 Å². The molecule has 2 N–H and O–H groups in total. The van der Waals surface area contributed by atoms with Gasteiger partial charge < -0.3 is 10.5 Å². The summed E-state index contributed by atoms with van der Waals surface area (Å²) in [4.78, 5) is 8.02. The van der Waals surface area contributed by atoms with E-state index >= 15 is 0 Å². The van der Waals surface area contributed by atoms with Crippen molar-refractivity contribution in [3.8, 4) is 17.3 Å². The van der Waals surface area contributed by atoms with Gasteiger partial charge in [-0.25, -0.2) is 4.98 Å². The second-order valence-corrected chi connectivity index (χ2v) is 2.99. The largest absolute Gasteiger partial charge is 0.481 e. The van der Waals surface area contributed by atoms with Crippen LogP contribution in [0.4, 0.5) is 5.95 Å². The predicted molar refractivity (Wildman–Crippen MR) is 55.2 cm³/mol. The zero-order valence-electron chi connectivity index (χ0n) is 8.51. The predicted octanol–water partition coefficient (Wildman–Crippen LogP) is 0.468. The lowest BCUT2D eigenvalue weighted by molar-refractivity contribution is 0.398. The summed E-state index contributed by atoms with van der Waals surface area (Å²) in [6.45, 7) is 0. The van der Waals surface area contributed by atoms with Crippen LogP contribution < -0.4 is 10.5 Å². The minimum atomic E-state index is 0.186. The maximum absolute atomic E-state index is 5.56. The summed E-state index contributed by atoms with van der Waals surface area (Å²) in [5.41, 5.74) is 7.12. The van der Waals surface area contributed by atoms with E-state index in [0.29, 0.717) is 11.6 Å². The Morgan fingerprint density at radius 1 is 1.40 bits per heavy atom. The fraction of sp³-hybridized carbons (Fsp3) is 0.222. The standard InChI is InChI=1S/C9H11N5O/c1-14-7(3-4-11-14)6-5-8(15-2)13-9(10)12-6/h3-5H,1-2H3,(H2,10,12,13). The van der Waals surface area contributed by atoms with Crippen molar-refractivity contribution in [3.63, 3.8) is 0 Å². The summed E-state index contributed by atoms with van der Waals surface area (Å²) in [5, 5.41) is 4.05. The summed E-state index contributed by atoms with van der Waals surface area (Å²) in [7, 11) is 3.37. The molecule has 2 heterocycles. The Hall–Kier alpha value is -2.11. The van der Waals surface area contributed by atoms with E-state index in [0.717, 1.165) is 5.69 Å². The number of methoxy groups -OCH3 is 1. The number of rotatable bonds is 2. The van der Waals surface area contributed by atoms with Crippen molar-refractivity contribution in [1.29, 1.82) is 0 Å². The molecule has 0 saturated carbocycles. The number of ether oxygens (including phenoxy) is 1. The van der Waals surface area contributed by atoms with E-state index in [-0.39, 0.29) is 5.95 Å². The van der Waals surface area contributed by atoms with Crippen molar-refractivity contribution >= 4 is 5.95 Å². The van der Waals surface area contributed by atoms with E-state index in [4.69, 9.17) is 10.5 Å². The zero-order chi connectivity index (χ0) is 10.8. The number of hydrogen-bond donors (Lipinski definition) is 1. The van der Waals surface area contributed by atoms with Gasteiger partial charge in [-0.1, -0.05) is 0 Å². The van der Waals surface area contributed by atoms with Gasteiger partial charge in [-0.05, 0) is 6.07 Å². The van der Waals surface area contributed by atoms with Gasteiger partial charge in [0.2, 0.25) is 11.8 Å². The molecule has 6 nitrogen and oxygen atoms in total. The van der Waals surface area contributed by atoms with E-state index in [2.05, 4.69) is 15.1 Å². The van der Waals surface area contributed by atoms with Crippen LogP contribution in [0, 0.1) is 0 Å². The molecule has 6 heteroatoms. The van der Waals surface area contributed by atoms with Crippen LogP contribution in [0.5, 0.6) is 5.88 Å². The second-order valence-electron chi connectivity index (χ2n) is 2.99. The van der Waals surface area contributed by atoms with Crippen LogP contribution in [-0.2, 0) is 7.05 Å². The van der Waals surface area contributed by atoms with E-state index < -0.39 is 0 Å². The highest BCUT2D eigenvalue weighted by molar-refractivity contribution is 5.56. The van der Waals surface area contributed by atoms with Crippen LogP contribution in [0.2, 0.25) is 0 Å². The molecule has 0 spiro atoms. The first kappa shape index (κ1) is 9.45. The van der Waals surface area contributed by atoms with Gasteiger partial charge in [0, 0.05) is 19.3 Å². The highest BCUT2D eigenvalue weighted by Crippen LogP contribution is 2.20. The SMILES string of the molecule is COc1cc(-c2ccnn2C)nc(N)n1. The minimum absolute atomic E-state index is 0.186. The van der Waals surface area contributed by atoms with Crippen LogP contribution >= 0.6 is 0 Å². The van der Waals surface area contributed by atoms with Crippen LogP contribution in [0.15, 0.2) is 18.3 Å². The summed E-state index contributed by atoms with van der Waals surface area (Å²) in [5.74, 6) is 0.629. The average Bonchev–Trinajstić information content (AvgIpc) is 2.63. The minimum Gasteiger partial charge on any atom is -0.481 e. The van der Waals surface area contributed by atoms with Crippen LogP contribution in [-0.4, -0.2) is 26.9 Å². The number of aromatic nitrogens is 4. The fourth-order valence-corrected chi connectivity index (χ4v) is 1.30. The van der Waals surface area contributed by atoms with Gasteiger partial charge in [0.05, 0.1) is 18.5 Å².